The van der Waals surface area contributed by atoms with Crippen LogP contribution in [0.3, 0.4) is 0 Å². The van der Waals surface area contributed by atoms with Gasteiger partial charge >= 0.3 is 0 Å². The van der Waals surface area contributed by atoms with Gasteiger partial charge in [0.2, 0.25) is 0 Å². The Hall–Kier alpha value is -12.3. The molecule has 2 aromatic heterocycles. The number of hydrogen-bond acceptors (Lipinski definition) is 4. The van der Waals surface area contributed by atoms with E-state index in [9.17, 15) is 10.5 Å². The second kappa shape index (κ2) is 20.1. The summed E-state index contributed by atoms with van der Waals surface area (Å²) in [5, 5.41) is 40.7. The number of fused-ring (bicyclic) bond motifs is 7. The van der Waals surface area contributed by atoms with Crippen LogP contribution in [0.4, 0.5) is 0 Å². The second-order valence-electron chi connectivity index (χ2n) is 23.8. The molecule has 0 N–H and O–H groups in total. The number of nitriles is 2. The fourth-order valence-corrected chi connectivity index (χ4v) is 14.2. The van der Waals surface area contributed by atoms with Gasteiger partial charge in [-0.3, -0.25) is 0 Å². The van der Waals surface area contributed by atoms with Gasteiger partial charge in [0.1, 0.15) is 22.3 Å². The maximum absolute atomic E-state index is 9.39. The molecule has 4 heteroatoms. The van der Waals surface area contributed by atoms with Gasteiger partial charge in [-0.05, 0) is 251 Å². The third-order valence-corrected chi connectivity index (χ3v) is 18.6. The molecule has 0 atom stereocenters. The van der Waals surface area contributed by atoms with Crippen LogP contribution in [-0.2, 0) is 0 Å². The minimum Gasteiger partial charge on any atom is -0.456 e. The Bertz CT molecular complexity index is 6080. The molecule has 0 fully saturated rings. The van der Waals surface area contributed by atoms with Crippen LogP contribution in [-0.4, -0.2) is 0 Å². The van der Waals surface area contributed by atoms with Gasteiger partial charge in [0.15, 0.2) is 0 Å². The Balaban J connectivity index is 0.000000134. The highest BCUT2D eigenvalue weighted by Crippen LogP contribution is 2.44. The van der Waals surface area contributed by atoms with Crippen molar-refractivity contribution in [2.75, 3.05) is 0 Å². The molecule has 4 nitrogen and oxygen atoms in total. The molecule has 90 heavy (non-hydrogen) atoms. The molecular weight excluding hydrogens is 1090 g/mol. The molecule has 414 valence electrons. The monoisotopic (exact) mass is 1140 g/mol. The zero-order chi connectivity index (χ0) is 59.6. The Morgan fingerprint density at radius 2 is 0.511 bits per heavy atom. The van der Waals surface area contributed by atoms with Gasteiger partial charge in [-0.25, -0.2) is 0 Å². The lowest BCUT2D eigenvalue weighted by atomic mass is 9.88. The van der Waals surface area contributed by atoms with E-state index in [2.05, 4.69) is 255 Å². The number of nitrogens with zero attached hydrogens (tertiary/aromatic N) is 2. The highest BCUT2D eigenvalue weighted by Gasteiger charge is 2.17. The highest BCUT2D eigenvalue weighted by atomic mass is 16.3. The summed E-state index contributed by atoms with van der Waals surface area (Å²) in [6.45, 7) is 0. The van der Waals surface area contributed by atoms with E-state index in [1.54, 1.807) is 12.1 Å². The summed E-state index contributed by atoms with van der Waals surface area (Å²) in [4.78, 5) is 0. The number of furan rings is 2. The molecule has 19 aromatic rings. The minimum atomic E-state index is 0.633. The van der Waals surface area contributed by atoms with E-state index >= 15 is 0 Å². The van der Waals surface area contributed by atoms with Crippen molar-refractivity contribution in [1.29, 1.82) is 10.5 Å². The highest BCUT2D eigenvalue weighted by molar-refractivity contribution is 6.26. The molecule has 2 heterocycles. The smallest absolute Gasteiger partial charge is 0.135 e. The summed E-state index contributed by atoms with van der Waals surface area (Å²) in [5.74, 6) is 0. The summed E-state index contributed by atoms with van der Waals surface area (Å²) in [6, 6.07) is 108. The van der Waals surface area contributed by atoms with Crippen LogP contribution in [0.2, 0.25) is 0 Å². The van der Waals surface area contributed by atoms with Crippen molar-refractivity contribution in [2.45, 2.75) is 0 Å². The van der Waals surface area contributed by atoms with Crippen LogP contribution in [0.1, 0.15) is 11.1 Å². The molecule has 0 amide bonds. The van der Waals surface area contributed by atoms with Gasteiger partial charge in [-0.15, -0.1) is 0 Å². The van der Waals surface area contributed by atoms with Crippen molar-refractivity contribution < 1.29 is 8.83 Å². The van der Waals surface area contributed by atoms with Crippen molar-refractivity contribution >= 4 is 119 Å². The molecule has 0 aliphatic rings. The Kier molecular flexibility index (Phi) is 11.4. The van der Waals surface area contributed by atoms with E-state index < -0.39 is 0 Å². The SMILES string of the molecule is N#Cc1ccc2oc3ccc(-c4ccc(-c5cc6ccc7cc(-c8cccc9ccccc89)cc8ccc(c5)c6c78)cc4)cc3c2c1.N#Cc1ccc2oc3ccc(-c4ccc(-c5cc6ccc7cc(-c8ccccc8)cc8ccc(c5)c6c78)cc4)cc3c2c1. The lowest BCUT2D eigenvalue weighted by molar-refractivity contribution is 0.668. The lowest BCUT2D eigenvalue weighted by Gasteiger charge is -2.15. The van der Waals surface area contributed by atoms with Crippen LogP contribution in [0.25, 0.3) is 186 Å². The fraction of sp³-hybridized carbons (Fsp3) is 0. The van der Waals surface area contributed by atoms with Crippen molar-refractivity contribution in [3.63, 3.8) is 0 Å². The van der Waals surface area contributed by atoms with E-state index in [0.717, 1.165) is 66.1 Å². The molecule has 17 aromatic carbocycles. The first kappa shape index (κ1) is 50.9. The summed E-state index contributed by atoms with van der Waals surface area (Å²) < 4.78 is 12.1. The van der Waals surface area contributed by atoms with Crippen molar-refractivity contribution in [2.24, 2.45) is 0 Å². The van der Waals surface area contributed by atoms with Gasteiger partial charge < -0.3 is 8.83 Å². The molecule has 0 aliphatic carbocycles. The minimum absolute atomic E-state index is 0.633. The summed E-state index contributed by atoms with van der Waals surface area (Å²) >= 11 is 0. The quantitative estimate of drug-likeness (QED) is 0.156. The number of benzene rings is 17. The maximum Gasteiger partial charge on any atom is 0.135 e. The zero-order valence-electron chi connectivity index (χ0n) is 48.4. The number of rotatable bonds is 6. The molecule has 0 saturated heterocycles. The van der Waals surface area contributed by atoms with Gasteiger partial charge in [0, 0.05) is 21.5 Å². The molecule has 0 bridgehead atoms. The predicted molar refractivity (Wildman–Crippen MR) is 374 cm³/mol. The van der Waals surface area contributed by atoms with Crippen LogP contribution in [0.15, 0.2) is 300 Å². The molecule has 0 radical (unpaired) electrons. The van der Waals surface area contributed by atoms with Crippen LogP contribution in [0, 0.1) is 22.7 Å². The second-order valence-corrected chi connectivity index (χ2v) is 23.8. The van der Waals surface area contributed by atoms with Gasteiger partial charge in [-0.1, -0.05) is 182 Å². The van der Waals surface area contributed by atoms with E-state index in [0.29, 0.717) is 11.1 Å². The molecular formula is C86H48N2O2. The Morgan fingerprint density at radius 3 is 0.911 bits per heavy atom. The fourth-order valence-electron chi connectivity index (χ4n) is 14.2. The maximum atomic E-state index is 9.39. The van der Waals surface area contributed by atoms with Gasteiger partial charge in [0.05, 0.1) is 23.3 Å². The van der Waals surface area contributed by atoms with Crippen LogP contribution < -0.4 is 0 Å². The standard InChI is InChI=1S/C45H25NO.C41H23NO/c46-26-27-8-18-42-40(20-27)41-25-31(17-19-43(41)47-42)28-9-11-29(12-10-28)36-21-32-13-15-34-23-37(24-35-16-14-33(22-36)44(32)45(34)35)39-7-3-5-30-4-1-2-6-38(30)39;42-24-25-6-16-38-36(18-25)37-23-29(15-17-39(37)43-38)27-7-9-28(10-8-27)35-21-32-13-11-30-19-34(26-4-2-1-3-5-26)20-31-12-14-33(22-35)41(32)40(30)31/h1-25H;1-23H. The van der Waals surface area contributed by atoms with Gasteiger partial charge in [0.25, 0.3) is 0 Å². The summed E-state index contributed by atoms with van der Waals surface area (Å²) in [6.07, 6.45) is 0. The van der Waals surface area contributed by atoms with Crippen molar-refractivity contribution in [3.8, 4) is 78.9 Å². The molecule has 0 spiro atoms. The normalized spacial score (nSPS) is 11.8. The Morgan fingerprint density at radius 1 is 0.200 bits per heavy atom. The number of hydrogen-bond donors (Lipinski definition) is 0. The van der Waals surface area contributed by atoms with Crippen molar-refractivity contribution in [3.05, 3.63) is 302 Å². The van der Waals surface area contributed by atoms with E-state index in [1.807, 2.05) is 36.4 Å². The lowest BCUT2D eigenvalue weighted by Crippen LogP contribution is -1.88. The van der Waals surface area contributed by atoms with Crippen LogP contribution >= 0.6 is 0 Å². The van der Waals surface area contributed by atoms with Crippen LogP contribution in [0.5, 0.6) is 0 Å². The third kappa shape index (κ3) is 8.36. The average molecular weight is 1140 g/mol. The summed E-state index contributed by atoms with van der Waals surface area (Å²) in [5.41, 5.74) is 18.8. The largest absolute Gasteiger partial charge is 0.456 e. The van der Waals surface area contributed by atoms with Gasteiger partial charge in [-0.2, -0.15) is 10.5 Å². The molecule has 0 unspecified atom stereocenters. The predicted octanol–water partition coefficient (Wildman–Crippen LogP) is 23.9. The average Bonchev–Trinajstić information content (AvgIpc) is 1.10. The van der Waals surface area contributed by atoms with E-state index in [4.69, 9.17) is 8.83 Å². The molecule has 19 rings (SSSR count). The first-order valence-corrected chi connectivity index (χ1v) is 30.4. The van der Waals surface area contributed by atoms with Crippen molar-refractivity contribution in [1.82, 2.24) is 0 Å². The summed E-state index contributed by atoms with van der Waals surface area (Å²) in [7, 11) is 0. The molecule has 0 aliphatic heterocycles. The van der Waals surface area contributed by atoms with E-state index in [-0.39, 0.29) is 0 Å². The third-order valence-electron chi connectivity index (χ3n) is 18.6. The van der Waals surface area contributed by atoms with E-state index in [1.165, 1.54) is 120 Å². The molecule has 0 saturated carbocycles. The first-order valence-electron chi connectivity index (χ1n) is 30.4. The first-order chi connectivity index (χ1) is 44.4. The zero-order valence-corrected chi connectivity index (χ0v) is 48.4. The topological polar surface area (TPSA) is 73.9 Å². The Labute approximate surface area is 516 Å².